The van der Waals surface area contributed by atoms with E-state index in [1.54, 1.807) is 0 Å². The first-order valence-electron chi connectivity index (χ1n) is 8.82. The van der Waals surface area contributed by atoms with Gasteiger partial charge in [0, 0.05) is 5.69 Å². The number of aryl methyl sites for hydroxylation is 1. The fourth-order valence-corrected chi connectivity index (χ4v) is 2.36. The zero-order valence-corrected chi connectivity index (χ0v) is 15.5. The molecule has 0 saturated carbocycles. The van der Waals surface area contributed by atoms with Crippen molar-refractivity contribution in [3.63, 3.8) is 0 Å². The van der Waals surface area contributed by atoms with E-state index in [0.717, 1.165) is 12.1 Å². The lowest BCUT2D eigenvalue weighted by atomic mass is 10.2. The van der Waals surface area contributed by atoms with E-state index in [4.69, 9.17) is 15.2 Å². The first kappa shape index (κ1) is 19.1. The van der Waals surface area contributed by atoms with Gasteiger partial charge in [-0.05, 0) is 36.2 Å². The number of para-hydroxylation sites is 1. The van der Waals surface area contributed by atoms with E-state index in [0.29, 0.717) is 5.75 Å². The molecule has 28 heavy (non-hydrogen) atoms. The molecule has 0 saturated heterocycles. The Labute approximate surface area is 162 Å². The Balaban J connectivity index is 1.52. The van der Waals surface area contributed by atoms with Crippen molar-refractivity contribution in [2.75, 3.05) is 17.7 Å². The molecule has 8 nitrogen and oxygen atoms in total. The second kappa shape index (κ2) is 9.31. The van der Waals surface area contributed by atoms with Crippen LogP contribution in [0.4, 0.5) is 17.6 Å². The summed E-state index contributed by atoms with van der Waals surface area (Å²) in [5.41, 5.74) is 7.71. The maximum absolute atomic E-state index is 11.9. The van der Waals surface area contributed by atoms with Gasteiger partial charge in [0.1, 0.15) is 5.75 Å². The first-order valence-corrected chi connectivity index (χ1v) is 8.82. The van der Waals surface area contributed by atoms with Crippen molar-refractivity contribution in [1.82, 2.24) is 15.0 Å². The van der Waals surface area contributed by atoms with Crippen molar-refractivity contribution < 1.29 is 14.3 Å². The fourth-order valence-electron chi connectivity index (χ4n) is 2.36. The molecule has 0 aliphatic heterocycles. The summed E-state index contributed by atoms with van der Waals surface area (Å²) in [6.07, 6.45) is 0.943. The highest BCUT2D eigenvalue weighted by Crippen LogP contribution is 2.14. The average Bonchev–Trinajstić information content (AvgIpc) is 2.71. The van der Waals surface area contributed by atoms with Crippen LogP contribution in [0, 0.1) is 0 Å². The smallest absolute Gasteiger partial charge is 0.344 e. The molecule has 2 aromatic carbocycles. The van der Waals surface area contributed by atoms with Gasteiger partial charge in [0.2, 0.25) is 11.9 Å². The van der Waals surface area contributed by atoms with Crippen molar-refractivity contribution in [1.29, 1.82) is 0 Å². The molecule has 0 bridgehead atoms. The number of hydrogen-bond acceptors (Lipinski definition) is 8. The Hall–Kier alpha value is -3.68. The van der Waals surface area contributed by atoms with Crippen molar-refractivity contribution in [2.45, 2.75) is 20.0 Å². The third-order valence-corrected chi connectivity index (χ3v) is 3.78. The third-order valence-electron chi connectivity index (χ3n) is 3.78. The summed E-state index contributed by atoms with van der Waals surface area (Å²) in [5.74, 6) is 0.624. The van der Waals surface area contributed by atoms with Gasteiger partial charge >= 0.3 is 5.97 Å². The number of carbonyl (C=O) groups excluding carboxylic acids is 1. The summed E-state index contributed by atoms with van der Waals surface area (Å²) in [7, 11) is 0. The van der Waals surface area contributed by atoms with Gasteiger partial charge < -0.3 is 20.5 Å². The van der Waals surface area contributed by atoms with Gasteiger partial charge in [0.25, 0.3) is 0 Å². The predicted molar refractivity (Wildman–Crippen MR) is 105 cm³/mol. The van der Waals surface area contributed by atoms with E-state index in [-0.39, 0.29) is 30.9 Å². The van der Waals surface area contributed by atoms with Crippen LogP contribution >= 0.6 is 0 Å². The number of benzene rings is 2. The quantitative estimate of drug-likeness (QED) is 0.575. The highest BCUT2D eigenvalue weighted by atomic mass is 16.6. The van der Waals surface area contributed by atoms with Crippen LogP contribution in [-0.2, 0) is 22.6 Å². The van der Waals surface area contributed by atoms with Crippen molar-refractivity contribution in [3.8, 4) is 5.75 Å². The molecular weight excluding hydrogens is 358 g/mol. The van der Waals surface area contributed by atoms with Gasteiger partial charge in [-0.2, -0.15) is 15.0 Å². The van der Waals surface area contributed by atoms with Crippen LogP contribution in [0.1, 0.15) is 18.3 Å². The molecule has 0 amide bonds. The molecule has 0 aliphatic carbocycles. The van der Waals surface area contributed by atoms with Gasteiger partial charge in [-0.1, -0.05) is 37.3 Å². The summed E-state index contributed by atoms with van der Waals surface area (Å²) >= 11 is 0. The molecule has 0 unspecified atom stereocenters. The SMILES string of the molecule is CCc1ccc(OCC(=O)OCc2nc(N)nc(Nc3ccccc3)n2)cc1. The summed E-state index contributed by atoms with van der Waals surface area (Å²) in [5, 5.41) is 3.02. The number of esters is 1. The monoisotopic (exact) mass is 379 g/mol. The Bertz CT molecular complexity index is 917. The number of aromatic nitrogens is 3. The van der Waals surface area contributed by atoms with Crippen molar-refractivity contribution in [3.05, 3.63) is 66.0 Å². The Kier molecular flexibility index (Phi) is 6.35. The molecule has 0 fully saturated rings. The lowest BCUT2D eigenvalue weighted by Crippen LogP contribution is -2.16. The number of nitrogen functional groups attached to an aromatic ring is 1. The van der Waals surface area contributed by atoms with Crippen LogP contribution in [0.5, 0.6) is 5.75 Å². The lowest BCUT2D eigenvalue weighted by Gasteiger charge is -2.09. The number of carbonyl (C=O) groups is 1. The minimum Gasteiger partial charge on any atom is -0.482 e. The second-order valence-electron chi connectivity index (χ2n) is 5.87. The number of anilines is 3. The van der Waals surface area contributed by atoms with E-state index in [9.17, 15) is 4.79 Å². The highest BCUT2D eigenvalue weighted by Gasteiger charge is 2.09. The summed E-state index contributed by atoms with van der Waals surface area (Å²) in [6.45, 7) is 1.73. The number of nitrogens with one attached hydrogen (secondary N) is 1. The van der Waals surface area contributed by atoms with Gasteiger partial charge in [-0.3, -0.25) is 0 Å². The molecule has 0 aliphatic rings. The Morgan fingerprint density at radius 3 is 2.50 bits per heavy atom. The van der Waals surface area contributed by atoms with Crippen molar-refractivity contribution in [2.24, 2.45) is 0 Å². The molecule has 144 valence electrons. The molecular formula is C20H21N5O3. The third kappa shape index (κ3) is 5.66. The zero-order chi connectivity index (χ0) is 19.8. The topological polar surface area (TPSA) is 112 Å². The molecule has 1 aromatic heterocycles. The summed E-state index contributed by atoms with van der Waals surface area (Å²) in [6, 6.07) is 16.9. The predicted octanol–water partition coefficient (Wildman–Crippen LogP) is 2.88. The minimum atomic E-state index is -0.531. The van der Waals surface area contributed by atoms with E-state index < -0.39 is 5.97 Å². The molecule has 0 spiro atoms. The van der Waals surface area contributed by atoms with E-state index in [1.807, 2.05) is 54.6 Å². The normalized spacial score (nSPS) is 10.3. The van der Waals surface area contributed by atoms with Crippen LogP contribution < -0.4 is 15.8 Å². The van der Waals surface area contributed by atoms with Gasteiger partial charge in [0.15, 0.2) is 19.0 Å². The minimum absolute atomic E-state index is 0.0340. The Morgan fingerprint density at radius 1 is 1.04 bits per heavy atom. The summed E-state index contributed by atoms with van der Waals surface area (Å²) < 4.78 is 10.6. The summed E-state index contributed by atoms with van der Waals surface area (Å²) in [4.78, 5) is 24.1. The molecule has 3 N–H and O–H groups in total. The number of ether oxygens (including phenoxy) is 2. The van der Waals surface area contributed by atoms with Crippen LogP contribution in [-0.4, -0.2) is 27.5 Å². The zero-order valence-electron chi connectivity index (χ0n) is 15.5. The molecule has 3 rings (SSSR count). The maximum Gasteiger partial charge on any atom is 0.344 e. The first-order chi connectivity index (χ1) is 13.6. The lowest BCUT2D eigenvalue weighted by molar-refractivity contribution is -0.147. The number of rotatable bonds is 8. The van der Waals surface area contributed by atoms with Crippen LogP contribution in [0.2, 0.25) is 0 Å². The number of nitrogens with zero attached hydrogens (tertiary/aromatic N) is 3. The standard InChI is InChI=1S/C20H21N5O3/c1-2-14-8-10-16(11-9-14)27-13-18(26)28-12-17-23-19(21)25-20(24-17)22-15-6-4-3-5-7-15/h3-11H,2,12-13H2,1H3,(H3,21,22,23,24,25). The maximum atomic E-state index is 11.9. The van der Waals surface area contributed by atoms with E-state index >= 15 is 0 Å². The molecule has 8 heteroatoms. The number of nitrogens with two attached hydrogens (primary N) is 1. The number of hydrogen-bond donors (Lipinski definition) is 2. The molecule has 0 atom stereocenters. The second-order valence-corrected chi connectivity index (χ2v) is 5.87. The molecule has 1 heterocycles. The molecule has 3 aromatic rings. The van der Waals surface area contributed by atoms with E-state index in [2.05, 4.69) is 27.2 Å². The van der Waals surface area contributed by atoms with E-state index in [1.165, 1.54) is 5.56 Å². The highest BCUT2D eigenvalue weighted by molar-refractivity contribution is 5.71. The Morgan fingerprint density at radius 2 is 1.79 bits per heavy atom. The van der Waals surface area contributed by atoms with Gasteiger partial charge in [-0.15, -0.1) is 0 Å². The van der Waals surface area contributed by atoms with Gasteiger partial charge in [0.05, 0.1) is 0 Å². The van der Waals surface area contributed by atoms with Crippen LogP contribution in [0.3, 0.4) is 0 Å². The fraction of sp³-hybridized carbons (Fsp3) is 0.200. The molecule has 0 radical (unpaired) electrons. The van der Waals surface area contributed by atoms with Crippen LogP contribution in [0.25, 0.3) is 0 Å². The van der Waals surface area contributed by atoms with Crippen molar-refractivity contribution >= 4 is 23.6 Å². The average molecular weight is 379 g/mol. The van der Waals surface area contributed by atoms with Crippen LogP contribution in [0.15, 0.2) is 54.6 Å². The van der Waals surface area contributed by atoms with Gasteiger partial charge in [-0.25, -0.2) is 4.79 Å². The largest absolute Gasteiger partial charge is 0.482 e.